The van der Waals surface area contributed by atoms with Crippen LogP contribution in [0.15, 0.2) is 63.8 Å². The molecule has 0 saturated heterocycles. The first kappa shape index (κ1) is 24.3. The summed E-state index contributed by atoms with van der Waals surface area (Å²) in [5.74, 6) is -0.987. The number of halogens is 4. The van der Waals surface area contributed by atoms with E-state index in [4.69, 9.17) is 44.0 Å². The van der Waals surface area contributed by atoms with Crippen molar-refractivity contribution >= 4 is 51.7 Å². The van der Waals surface area contributed by atoms with E-state index < -0.39 is 17.4 Å². The highest BCUT2D eigenvalue weighted by atomic mass is 35.5. The van der Waals surface area contributed by atoms with Crippen molar-refractivity contribution in [2.45, 2.75) is 26.2 Å². The SMILES string of the molecule is CCCc1c(Cc2c(F)cccc2Cl)c(=O)oc2cc(OC(=O)c3ccc(Cl)cc3Cl)ccc12. The van der Waals surface area contributed by atoms with Crippen LogP contribution in [0.4, 0.5) is 4.39 Å². The van der Waals surface area contributed by atoms with E-state index in [1.807, 2.05) is 6.92 Å². The van der Waals surface area contributed by atoms with Crippen LogP contribution >= 0.6 is 34.8 Å². The smallest absolute Gasteiger partial charge is 0.345 e. The number of rotatable bonds is 6. The predicted molar refractivity (Wildman–Crippen MR) is 132 cm³/mol. The van der Waals surface area contributed by atoms with Gasteiger partial charge in [0.05, 0.1) is 10.6 Å². The van der Waals surface area contributed by atoms with Gasteiger partial charge in [0, 0.05) is 39.0 Å². The Balaban J connectivity index is 1.73. The average molecular weight is 520 g/mol. The van der Waals surface area contributed by atoms with Gasteiger partial charge in [0.25, 0.3) is 0 Å². The molecule has 1 aromatic heterocycles. The Hall–Kier alpha value is -2.86. The first-order chi connectivity index (χ1) is 16.3. The van der Waals surface area contributed by atoms with Crippen LogP contribution < -0.4 is 10.4 Å². The van der Waals surface area contributed by atoms with Crippen LogP contribution in [-0.4, -0.2) is 5.97 Å². The molecule has 4 aromatic rings. The maximum atomic E-state index is 14.4. The van der Waals surface area contributed by atoms with Crippen molar-refractivity contribution < 1.29 is 18.3 Å². The van der Waals surface area contributed by atoms with E-state index in [0.29, 0.717) is 22.4 Å². The summed E-state index contributed by atoms with van der Waals surface area (Å²) in [7, 11) is 0. The number of fused-ring (bicyclic) bond motifs is 1. The third kappa shape index (κ3) is 4.97. The first-order valence-electron chi connectivity index (χ1n) is 10.5. The Labute approximate surface area is 209 Å². The van der Waals surface area contributed by atoms with Crippen molar-refractivity contribution in [3.05, 3.63) is 108 Å². The van der Waals surface area contributed by atoms with Gasteiger partial charge in [0.2, 0.25) is 0 Å². The minimum atomic E-state index is -0.678. The van der Waals surface area contributed by atoms with Gasteiger partial charge in [-0.2, -0.15) is 0 Å². The van der Waals surface area contributed by atoms with Gasteiger partial charge in [-0.15, -0.1) is 0 Å². The summed E-state index contributed by atoms with van der Waals surface area (Å²) < 4.78 is 25.4. The fourth-order valence-electron chi connectivity index (χ4n) is 3.76. The lowest BCUT2D eigenvalue weighted by Gasteiger charge is -2.13. The molecule has 0 amide bonds. The summed E-state index contributed by atoms with van der Waals surface area (Å²) in [6, 6.07) is 13.6. The maximum absolute atomic E-state index is 14.4. The summed E-state index contributed by atoms with van der Waals surface area (Å²) in [6.07, 6.45) is 1.33. The molecule has 0 fully saturated rings. The largest absolute Gasteiger partial charge is 0.423 e. The Morgan fingerprint density at radius 2 is 1.76 bits per heavy atom. The lowest BCUT2D eigenvalue weighted by Crippen LogP contribution is -2.14. The minimum Gasteiger partial charge on any atom is -0.423 e. The molecule has 0 bridgehead atoms. The van der Waals surface area contributed by atoms with Crippen LogP contribution in [0.5, 0.6) is 5.75 Å². The van der Waals surface area contributed by atoms with E-state index in [2.05, 4.69) is 0 Å². The van der Waals surface area contributed by atoms with E-state index >= 15 is 0 Å². The Morgan fingerprint density at radius 3 is 2.47 bits per heavy atom. The zero-order chi connectivity index (χ0) is 24.4. The van der Waals surface area contributed by atoms with E-state index in [9.17, 15) is 14.0 Å². The van der Waals surface area contributed by atoms with Crippen LogP contribution in [-0.2, 0) is 12.8 Å². The third-order valence-electron chi connectivity index (χ3n) is 5.37. The van der Waals surface area contributed by atoms with Gasteiger partial charge in [0.15, 0.2) is 0 Å². The number of carbonyl (C=O) groups is 1. The van der Waals surface area contributed by atoms with E-state index in [1.54, 1.807) is 18.2 Å². The molecule has 34 heavy (non-hydrogen) atoms. The maximum Gasteiger partial charge on any atom is 0.345 e. The van der Waals surface area contributed by atoms with Crippen LogP contribution in [0.3, 0.4) is 0 Å². The summed E-state index contributed by atoms with van der Waals surface area (Å²) in [6.45, 7) is 1.98. The van der Waals surface area contributed by atoms with Crippen LogP contribution in [0.25, 0.3) is 11.0 Å². The minimum absolute atomic E-state index is 0.00488. The number of aryl methyl sites for hydroxylation is 1. The number of hydrogen-bond acceptors (Lipinski definition) is 4. The highest BCUT2D eigenvalue weighted by Crippen LogP contribution is 2.30. The van der Waals surface area contributed by atoms with Gasteiger partial charge in [-0.05, 0) is 54.4 Å². The quantitative estimate of drug-likeness (QED) is 0.149. The zero-order valence-corrected chi connectivity index (χ0v) is 20.2. The number of carbonyl (C=O) groups excluding carboxylic acids is 1. The van der Waals surface area contributed by atoms with E-state index in [1.165, 1.54) is 36.4 Å². The van der Waals surface area contributed by atoms with E-state index in [-0.39, 0.29) is 38.9 Å². The van der Waals surface area contributed by atoms with Gasteiger partial charge in [-0.3, -0.25) is 0 Å². The first-order valence-corrected chi connectivity index (χ1v) is 11.6. The summed E-state index contributed by atoms with van der Waals surface area (Å²) >= 11 is 18.1. The zero-order valence-electron chi connectivity index (χ0n) is 18.0. The molecule has 0 aliphatic rings. The fraction of sp³-hybridized carbons (Fsp3) is 0.154. The fourth-order valence-corrected chi connectivity index (χ4v) is 4.47. The second-order valence-corrected chi connectivity index (χ2v) is 8.90. The highest BCUT2D eigenvalue weighted by Gasteiger charge is 2.19. The van der Waals surface area contributed by atoms with Crippen molar-refractivity contribution in [3.8, 4) is 5.75 Å². The van der Waals surface area contributed by atoms with Crippen molar-refractivity contribution in [2.24, 2.45) is 0 Å². The van der Waals surface area contributed by atoms with Crippen molar-refractivity contribution in [1.82, 2.24) is 0 Å². The molecule has 3 aromatic carbocycles. The predicted octanol–water partition coefficient (Wildman–Crippen LogP) is 7.65. The molecule has 0 atom stereocenters. The molecule has 0 radical (unpaired) electrons. The van der Waals surface area contributed by atoms with Crippen LogP contribution in [0.1, 0.15) is 40.4 Å². The van der Waals surface area contributed by atoms with Gasteiger partial charge < -0.3 is 9.15 Å². The molecular weight excluding hydrogens is 502 g/mol. The average Bonchev–Trinajstić information content (AvgIpc) is 2.77. The number of benzene rings is 3. The summed E-state index contributed by atoms with van der Waals surface area (Å²) in [4.78, 5) is 25.5. The normalized spacial score (nSPS) is 11.1. The Kier molecular flexibility index (Phi) is 7.27. The lowest BCUT2D eigenvalue weighted by atomic mass is 9.95. The Bertz CT molecular complexity index is 1440. The lowest BCUT2D eigenvalue weighted by molar-refractivity contribution is 0.0735. The highest BCUT2D eigenvalue weighted by molar-refractivity contribution is 6.36. The summed E-state index contributed by atoms with van der Waals surface area (Å²) in [5, 5.41) is 1.47. The number of ether oxygens (including phenoxy) is 1. The van der Waals surface area contributed by atoms with Crippen molar-refractivity contribution in [2.75, 3.05) is 0 Å². The molecule has 8 heteroatoms. The molecule has 0 saturated carbocycles. The van der Waals surface area contributed by atoms with Crippen molar-refractivity contribution in [3.63, 3.8) is 0 Å². The monoisotopic (exact) mass is 518 g/mol. The van der Waals surface area contributed by atoms with Gasteiger partial charge >= 0.3 is 11.6 Å². The molecule has 4 nitrogen and oxygen atoms in total. The van der Waals surface area contributed by atoms with Crippen LogP contribution in [0.2, 0.25) is 15.1 Å². The molecule has 0 spiro atoms. The summed E-state index contributed by atoms with van der Waals surface area (Å²) in [5.41, 5.74) is 1.13. The van der Waals surface area contributed by atoms with E-state index in [0.717, 1.165) is 12.0 Å². The molecular formula is C26H18Cl3FO4. The van der Waals surface area contributed by atoms with Gasteiger partial charge in [-0.25, -0.2) is 14.0 Å². The molecule has 1 heterocycles. The molecule has 0 N–H and O–H groups in total. The van der Waals surface area contributed by atoms with Crippen molar-refractivity contribution in [1.29, 1.82) is 0 Å². The molecule has 174 valence electrons. The number of hydrogen-bond donors (Lipinski definition) is 0. The third-order valence-corrected chi connectivity index (χ3v) is 6.27. The van der Waals surface area contributed by atoms with Gasteiger partial charge in [-0.1, -0.05) is 54.2 Å². The molecule has 0 unspecified atom stereocenters. The second-order valence-electron chi connectivity index (χ2n) is 7.65. The number of esters is 1. The Morgan fingerprint density at radius 1 is 0.971 bits per heavy atom. The second kappa shape index (κ2) is 10.2. The van der Waals surface area contributed by atoms with Crippen LogP contribution in [0, 0.1) is 5.82 Å². The topological polar surface area (TPSA) is 56.5 Å². The molecule has 4 rings (SSSR count). The van der Waals surface area contributed by atoms with Gasteiger partial charge in [0.1, 0.15) is 17.1 Å². The molecule has 0 aliphatic carbocycles. The standard InChI is InChI=1S/C26H18Cl3FO4/c1-2-4-16-17-10-8-15(33-25(31)18-9-7-14(27)11-22(18)29)12-24(17)34-26(32)19(16)13-20-21(28)5-3-6-23(20)30/h3,5-12H,2,4,13H2,1H3. The molecule has 0 aliphatic heterocycles.